The summed E-state index contributed by atoms with van der Waals surface area (Å²) in [7, 11) is 1.68. The van der Waals surface area contributed by atoms with Crippen molar-refractivity contribution >= 4 is 5.91 Å². The highest BCUT2D eigenvalue weighted by atomic mass is 16.5. The van der Waals surface area contributed by atoms with E-state index in [9.17, 15) is 4.79 Å². The summed E-state index contributed by atoms with van der Waals surface area (Å²) >= 11 is 0. The van der Waals surface area contributed by atoms with Gasteiger partial charge in [0.05, 0.1) is 19.7 Å². The third kappa shape index (κ3) is 3.92. The van der Waals surface area contributed by atoms with E-state index in [1.54, 1.807) is 7.11 Å². The molecule has 132 valence electrons. The topological polar surface area (TPSA) is 32.8 Å². The van der Waals surface area contributed by atoms with E-state index in [0.29, 0.717) is 18.4 Å². The minimum atomic E-state index is 0.225. The van der Waals surface area contributed by atoms with Gasteiger partial charge < -0.3 is 9.64 Å². The molecule has 0 radical (unpaired) electrons. The van der Waals surface area contributed by atoms with E-state index >= 15 is 0 Å². The summed E-state index contributed by atoms with van der Waals surface area (Å²) in [6, 6.07) is 8.40. The van der Waals surface area contributed by atoms with E-state index in [1.165, 1.54) is 12.0 Å². The fraction of sp³-hybridized carbons (Fsp3) is 0.650. The average Bonchev–Trinajstić information content (AvgIpc) is 3.03. The average molecular weight is 330 g/mol. The van der Waals surface area contributed by atoms with Crippen LogP contribution in [-0.4, -0.2) is 49.0 Å². The van der Waals surface area contributed by atoms with Crippen LogP contribution in [0.4, 0.5) is 0 Å². The lowest BCUT2D eigenvalue weighted by Crippen LogP contribution is -2.45. The Hall–Kier alpha value is -1.55. The minimum absolute atomic E-state index is 0.225. The van der Waals surface area contributed by atoms with Crippen LogP contribution in [0.5, 0.6) is 5.75 Å². The number of methoxy groups -OCH3 is 1. The molecule has 1 aromatic rings. The lowest BCUT2D eigenvalue weighted by molar-refractivity contribution is -0.134. The highest BCUT2D eigenvalue weighted by molar-refractivity contribution is 5.79. The van der Waals surface area contributed by atoms with Gasteiger partial charge in [0.25, 0.3) is 0 Å². The molecule has 2 heterocycles. The first kappa shape index (κ1) is 17.3. The van der Waals surface area contributed by atoms with Crippen LogP contribution >= 0.6 is 0 Å². The van der Waals surface area contributed by atoms with Gasteiger partial charge in [0.1, 0.15) is 5.75 Å². The van der Waals surface area contributed by atoms with Crippen molar-refractivity contribution in [2.45, 2.75) is 39.2 Å². The van der Waals surface area contributed by atoms with E-state index in [0.717, 1.165) is 38.2 Å². The second kappa shape index (κ2) is 7.56. The Balaban J connectivity index is 1.64. The zero-order valence-electron chi connectivity index (χ0n) is 15.2. The summed E-state index contributed by atoms with van der Waals surface area (Å²) in [5.41, 5.74) is 1.22. The summed E-state index contributed by atoms with van der Waals surface area (Å²) in [4.78, 5) is 17.3. The Morgan fingerprint density at radius 2 is 1.83 bits per heavy atom. The van der Waals surface area contributed by atoms with Gasteiger partial charge in [-0.2, -0.15) is 0 Å². The number of carbonyl (C=O) groups is 1. The molecular weight excluding hydrogens is 300 g/mol. The number of rotatable bonds is 4. The number of carbonyl (C=O) groups excluding carboxylic acids is 1. The maximum absolute atomic E-state index is 12.9. The molecule has 0 aromatic heterocycles. The monoisotopic (exact) mass is 330 g/mol. The van der Waals surface area contributed by atoms with Gasteiger partial charge in [-0.05, 0) is 48.8 Å². The molecule has 3 unspecified atom stereocenters. The lowest BCUT2D eigenvalue weighted by atomic mass is 9.92. The van der Waals surface area contributed by atoms with Gasteiger partial charge in [0, 0.05) is 19.6 Å². The second-order valence-electron chi connectivity index (χ2n) is 7.66. The van der Waals surface area contributed by atoms with Crippen LogP contribution in [0.25, 0.3) is 0 Å². The van der Waals surface area contributed by atoms with Crippen LogP contribution in [-0.2, 0) is 4.79 Å². The number of benzene rings is 1. The number of hydrogen-bond donors (Lipinski definition) is 0. The molecule has 1 aromatic carbocycles. The largest absolute Gasteiger partial charge is 0.497 e. The number of ether oxygens (including phenoxy) is 1. The van der Waals surface area contributed by atoms with Gasteiger partial charge in [-0.15, -0.1) is 0 Å². The van der Waals surface area contributed by atoms with Gasteiger partial charge in [-0.1, -0.05) is 26.0 Å². The first-order chi connectivity index (χ1) is 11.6. The minimum Gasteiger partial charge on any atom is -0.497 e. The third-order valence-electron chi connectivity index (χ3n) is 5.38. The maximum atomic E-state index is 12.9. The molecule has 0 N–H and O–H groups in total. The van der Waals surface area contributed by atoms with Crippen molar-refractivity contribution in [1.29, 1.82) is 0 Å². The zero-order valence-corrected chi connectivity index (χ0v) is 15.2. The molecule has 0 spiro atoms. The molecule has 2 aliphatic heterocycles. The first-order valence-corrected chi connectivity index (χ1v) is 9.22. The van der Waals surface area contributed by atoms with Crippen molar-refractivity contribution in [2.24, 2.45) is 11.8 Å². The summed E-state index contributed by atoms with van der Waals surface area (Å²) < 4.78 is 5.24. The molecule has 2 aliphatic rings. The van der Waals surface area contributed by atoms with Gasteiger partial charge in [-0.3, -0.25) is 9.69 Å². The Morgan fingerprint density at radius 1 is 1.17 bits per heavy atom. The normalized spacial score (nSPS) is 28.1. The highest BCUT2D eigenvalue weighted by Crippen LogP contribution is 2.33. The van der Waals surface area contributed by atoms with Gasteiger partial charge in [-0.25, -0.2) is 0 Å². The predicted molar refractivity (Wildman–Crippen MR) is 96.1 cm³/mol. The molecule has 0 saturated carbocycles. The fourth-order valence-corrected chi connectivity index (χ4v) is 4.44. The third-order valence-corrected chi connectivity index (χ3v) is 5.38. The molecular formula is C20H30N2O2. The molecule has 0 bridgehead atoms. The standard InChI is InChI=1S/C20H30N2O2/c1-15-11-16(2)13-21(12-15)14-20(23)22-10-4-5-19(22)17-6-8-18(24-3)9-7-17/h6-9,15-16,19H,4-5,10-14H2,1-3H3. The number of amides is 1. The highest BCUT2D eigenvalue weighted by Gasteiger charge is 2.32. The van der Waals surface area contributed by atoms with Crippen LogP contribution in [0, 0.1) is 11.8 Å². The van der Waals surface area contributed by atoms with Gasteiger partial charge in [0.2, 0.25) is 5.91 Å². The Labute approximate surface area is 145 Å². The van der Waals surface area contributed by atoms with E-state index in [4.69, 9.17) is 4.74 Å². The van der Waals surface area contributed by atoms with Crippen molar-refractivity contribution in [1.82, 2.24) is 9.80 Å². The number of likely N-dealkylation sites (tertiary alicyclic amines) is 2. The summed E-state index contributed by atoms with van der Waals surface area (Å²) in [6.07, 6.45) is 3.43. The molecule has 24 heavy (non-hydrogen) atoms. The van der Waals surface area contributed by atoms with E-state index in [1.807, 2.05) is 12.1 Å². The quantitative estimate of drug-likeness (QED) is 0.849. The van der Waals surface area contributed by atoms with Crippen LogP contribution < -0.4 is 4.74 Å². The molecule has 4 heteroatoms. The van der Waals surface area contributed by atoms with Crippen LogP contribution in [0.15, 0.2) is 24.3 Å². The Kier molecular flexibility index (Phi) is 5.44. The van der Waals surface area contributed by atoms with Crippen LogP contribution in [0.3, 0.4) is 0 Å². The van der Waals surface area contributed by atoms with Crippen molar-refractivity contribution in [3.63, 3.8) is 0 Å². The summed E-state index contributed by atoms with van der Waals surface area (Å²) in [5.74, 6) is 2.54. The molecule has 3 atom stereocenters. The molecule has 3 rings (SSSR count). The Bertz CT molecular complexity index is 547. The molecule has 2 fully saturated rings. The Morgan fingerprint density at radius 3 is 2.46 bits per heavy atom. The first-order valence-electron chi connectivity index (χ1n) is 9.22. The van der Waals surface area contributed by atoms with Crippen LogP contribution in [0.1, 0.15) is 44.7 Å². The van der Waals surface area contributed by atoms with Crippen LogP contribution in [0.2, 0.25) is 0 Å². The summed E-state index contributed by atoms with van der Waals surface area (Å²) in [5, 5.41) is 0. The zero-order chi connectivity index (χ0) is 17.1. The summed E-state index contributed by atoms with van der Waals surface area (Å²) in [6.45, 7) is 8.15. The van der Waals surface area contributed by atoms with Crippen molar-refractivity contribution in [3.8, 4) is 5.75 Å². The van der Waals surface area contributed by atoms with Gasteiger partial charge >= 0.3 is 0 Å². The van der Waals surface area contributed by atoms with Gasteiger partial charge in [0.15, 0.2) is 0 Å². The number of hydrogen-bond acceptors (Lipinski definition) is 3. The molecule has 0 aliphatic carbocycles. The van der Waals surface area contributed by atoms with E-state index in [-0.39, 0.29) is 11.9 Å². The molecule has 1 amide bonds. The van der Waals surface area contributed by atoms with Crippen molar-refractivity contribution in [2.75, 3.05) is 33.3 Å². The predicted octanol–water partition coefficient (Wildman–Crippen LogP) is 3.34. The molecule has 2 saturated heterocycles. The van der Waals surface area contributed by atoms with E-state index < -0.39 is 0 Å². The van der Waals surface area contributed by atoms with E-state index in [2.05, 4.69) is 35.8 Å². The fourth-order valence-electron chi connectivity index (χ4n) is 4.44. The maximum Gasteiger partial charge on any atom is 0.237 e. The smallest absolute Gasteiger partial charge is 0.237 e. The SMILES string of the molecule is COc1ccc(C2CCCN2C(=O)CN2CC(C)CC(C)C2)cc1. The number of piperidine rings is 1. The van der Waals surface area contributed by atoms with Crippen molar-refractivity contribution in [3.05, 3.63) is 29.8 Å². The number of nitrogens with zero attached hydrogens (tertiary/aromatic N) is 2. The lowest BCUT2D eigenvalue weighted by Gasteiger charge is -2.36. The van der Waals surface area contributed by atoms with Crippen molar-refractivity contribution < 1.29 is 9.53 Å². The molecule has 4 nitrogen and oxygen atoms in total. The second-order valence-corrected chi connectivity index (χ2v) is 7.66.